The monoisotopic (exact) mass is 270 g/mol. The van der Waals surface area contributed by atoms with E-state index in [1.807, 2.05) is 0 Å². The molecular weight excluding hydrogens is 256 g/mol. The molecule has 0 spiro atoms. The van der Waals surface area contributed by atoms with Crippen LogP contribution in [0.2, 0.25) is 0 Å². The van der Waals surface area contributed by atoms with Crippen molar-refractivity contribution in [2.24, 2.45) is 0 Å². The quantitative estimate of drug-likeness (QED) is 0.569. The number of methoxy groups -OCH3 is 2. The Balaban J connectivity index is 3.27. The van der Waals surface area contributed by atoms with Crippen LogP contribution in [0.15, 0.2) is 12.1 Å². The lowest BCUT2D eigenvalue weighted by Gasteiger charge is -2.10. The number of aliphatic hydroxyl groups excluding tert-OH is 1. The highest BCUT2D eigenvalue weighted by Gasteiger charge is 2.24. The first-order valence-electron chi connectivity index (χ1n) is 5.34. The van der Waals surface area contributed by atoms with Crippen molar-refractivity contribution in [1.82, 2.24) is 5.32 Å². The Kier molecular flexibility index (Phi) is 5.07. The topological polar surface area (TPSA) is 111 Å². The summed E-state index contributed by atoms with van der Waals surface area (Å²) in [4.78, 5) is 22.0. The number of nitrogens with zero attached hydrogens (tertiary/aromatic N) is 1. The summed E-state index contributed by atoms with van der Waals surface area (Å²) >= 11 is 0. The second kappa shape index (κ2) is 6.55. The van der Waals surface area contributed by atoms with Crippen LogP contribution in [-0.4, -0.2) is 43.3 Å². The van der Waals surface area contributed by atoms with Gasteiger partial charge in [-0.25, -0.2) is 0 Å². The van der Waals surface area contributed by atoms with Gasteiger partial charge in [0.25, 0.3) is 11.6 Å². The maximum absolute atomic E-state index is 11.8. The molecule has 0 fully saturated rings. The molecule has 0 aliphatic heterocycles. The van der Waals surface area contributed by atoms with E-state index in [0.717, 1.165) is 6.07 Å². The molecule has 0 atom stereocenters. The van der Waals surface area contributed by atoms with Gasteiger partial charge in [0, 0.05) is 12.6 Å². The fourth-order valence-corrected chi connectivity index (χ4v) is 1.47. The fourth-order valence-electron chi connectivity index (χ4n) is 1.47. The van der Waals surface area contributed by atoms with E-state index in [2.05, 4.69) is 5.32 Å². The number of nitro benzene ring substituents is 1. The van der Waals surface area contributed by atoms with Crippen LogP contribution in [0.5, 0.6) is 11.5 Å². The molecule has 2 N–H and O–H groups in total. The molecule has 0 saturated carbocycles. The van der Waals surface area contributed by atoms with E-state index in [4.69, 9.17) is 14.6 Å². The number of nitro groups is 1. The van der Waals surface area contributed by atoms with Crippen LogP contribution in [0.25, 0.3) is 0 Å². The second-order valence-corrected chi connectivity index (χ2v) is 3.46. The number of nitrogens with one attached hydrogen (secondary N) is 1. The Labute approximate surface area is 109 Å². The standard InChI is InChI=1S/C11H14N2O6/c1-18-9-5-7(11(15)12-3-4-14)8(13(16)17)6-10(9)19-2/h5-6,14H,3-4H2,1-2H3,(H,12,15). The van der Waals surface area contributed by atoms with Crippen LogP contribution in [0, 0.1) is 10.1 Å². The minimum absolute atomic E-state index is 0.00430. The van der Waals surface area contributed by atoms with Crippen LogP contribution in [0.3, 0.4) is 0 Å². The fraction of sp³-hybridized carbons (Fsp3) is 0.364. The minimum atomic E-state index is -0.685. The first kappa shape index (κ1) is 14.7. The lowest BCUT2D eigenvalue weighted by Crippen LogP contribution is -2.27. The van der Waals surface area contributed by atoms with E-state index in [-0.39, 0.29) is 30.2 Å². The Morgan fingerprint density at radius 1 is 1.37 bits per heavy atom. The van der Waals surface area contributed by atoms with Crippen molar-refractivity contribution in [3.63, 3.8) is 0 Å². The van der Waals surface area contributed by atoms with Gasteiger partial charge in [0.15, 0.2) is 11.5 Å². The molecule has 19 heavy (non-hydrogen) atoms. The molecule has 104 valence electrons. The molecule has 0 aliphatic rings. The van der Waals surface area contributed by atoms with Gasteiger partial charge in [-0.2, -0.15) is 0 Å². The molecule has 0 unspecified atom stereocenters. The zero-order chi connectivity index (χ0) is 14.4. The van der Waals surface area contributed by atoms with Crippen molar-refractivity contribution >= 4 is 11.6 Å². The lowest BCUT2D eigenvalue weighted by molar-refractivity contribution is -0.385. The largest absolute Gasteiger partial charge is 0.493 e. The molecule has 0 aliphatic carbocycles. The van der Waals surface area contributed by atoms with Gasteiger partial charge in [-0.05, 0) is 0 Å². The van der Waals surface area contributed by atoms with Gasteiger partial charge < -0.3 is 19.9 Å². The van der Waals surface area contributed by atoms with Crippen molar-refractivity contribution in [3.05, 3.63) is 27.8 Å². The number of hydrogen-bond donors (Lipinski definition) is 2. The summed E-state index contributed by atoms with van der Waals surface area (Å²) in [5, 5.41) is 21.9. The Bertz CT molecular complexity index is 488. The molecule has 8 heteroatoms. The SMILES string of the molecule is COc1cc(C(=O)NCCO)c([N+](=O)[O-])cc1OC. The molecule has 1 aromatic rings. The number of carbonyl (C=O) groups is 1. The molecular formula is C11H14N2O6. The van der Waals surface area contributed by atoms with Crippen LogP contribution < -0.4 is 14.8 Å². The third-order valence-corrected chi connectivity index (χ3v) is 2.34. The Morgan fingerprint density at radius 3 is 2.42 bits per heavy atom. The average Bonchev–Trinajstić information content (AvgIpc) is 2.42. The first-order chi connectivity index (χ1) is 9.04. The van der Waals surface area contributed by atoms with Gasteiger partial charge in [0.05, 0.1) is 31.8 Å². The summed E-state index contributed by atoms with van der Waals surface area (Å²) in [7, 11) is 2.70. The van der Waals surface area contributed by atoms with E-state index >= 15 is 0 Å². The molecule has 0 heterocycles. The second-order valence-electron chi connectivity index (χ2n) is 3.46. The number of benzene rings is 1. The molecule has 0 radical (unpaired) electrons. The highest BCUT2D eigenvalue weighted by Crippen LogP contribution is 2.34. The van der Waals surface area contributed by atoms with Gasteiger partial charge in [0.2, 0.25) is 0 Å². The number of ether oxygens (including phenoxy) is 2. The molecule has 0 aromatic heterocycles. The predicted octanol–water partition coefficient (Wildman–Crippen LogP) is 0.334. The van der Waals surface area contributed by atoms with E-state index in [1.54, 1.807) is 0 Å². The van der Waals surface area contributed by atoms with Crippen molar-refractivity contribution in [1.29, 1.82) is 0 Å². The number of aliphatic hydroxyl groups is 1. The predicted molar refractivity (Wildman–Crippen MR) is 65.6 cm³/mol. The van der Waals surface area contributed by atoms with E-state index in [9.17, 15) is 14.9 Å². The smallest absolute Gasteiger partial charge is 0.286 e. The number of hydrogen-bond acceptors (Lipinski definition) is 6. The Morgan fingerprint density at radius 2 is 1.95 bits per heavy atom. The normalized spacial score (nSPS) is 9.84. The summed E-state index contributed by atoms with van der Waals surface area (Å²) in [6, 6.07) is 2.34. The van der Waals surface area contributed by atoms with Gasteiger partial charge in [0.1, 0.15) is 5.56 Å². The van der Waals surface area contributed by atoms with Gasteiger partial charge in [-0.1, -0.05) is 0 Å². The number of carbonyl (C=O) groups excluding carboxylic acids is 1. The molecule has 0 saturated heterocycles. The minimum Gasteiger partial charge on any atom is -0.493 e. The van der Waals surface area contributed by atoms with E-state index < -0.39 is 16.5 Å². The zero-order valence-electron chi connectivity index (χ0n) is 10.5. The van der Waals surface area contributed by atoms with Gasteiger partial charge in [-0.15, -0.1) is 0 Å². The summed E-state index contributed by atoms with van der Waals surface area (Å²) < 4.78 is 9.93. The highest BCUT2D eigenvalue weighted by molar-refractivity contribution is 5.99. The van der Waals surface area contributed by atoms with Crippen molar-refractivity contribution in [2.75, 3.05) is 27.4 Å². The van der Waals surface area contributed by atoms with Gasteiger partial charge >= 0.3 is 0 Å². The average molecular weight is 270 g/mol. The third kappa shape index (κ3) is 3.32. The molecule has 1 aromatic carbocycles. The summed E-state index contributed by atoms with van der Waals surface area (Å²) in [6.07, 6.45) is 0. The Hall–Kier alpha value is -2.35. The first-order valence-corrected chi connectivity index (χ1v) is 5.34. The lowest BCUT2D eigenvalue weighted by atomic mass is 10.1. The van der Waals surface area contributed by atoms with Gasteiger partial charge in [-0.3, -0.25) is 14.9 Å². The third-order valence-electron chi connectivity index (χ3n) is 2.34. The van der Waals surface area contributed by atoms with Crippen molar-refractivity contribution in [2.45, 2.75) is 0 Å². The molecule has 8 nitrogen and oxygen atoms in total. The molecule has 1 rings (SSSR count). The maximum Gasteiger partial charge on any atom is 0.286 e. The summed E-state index contributed by atoms with van der Waals surface area (Å²) in [6.45, 7) is -0.253. The summed E-state index contributed by atoms with van der Waals surface area (Å²) in [5.41, 5.74) is -0.552. The van der Waals surface area contributed by atoms with Crippen LogP contribution >= 0.6 is 0 Å². The van der Waals surface area contributed by atoms with Crippen LogP contribution in [0.4, 0.5) is 5.69 Å². The van der Waals surface area contributed by atoms with E-state index in [1.165, 1.54) is 20.3 Å². The van der Waals surface area contributed by atoms with Crippen molar-refractivity contribution in [3.8, 4) is 11.5 Å². The van der Waals surface area contributed by atoms with Crippen LogP contribution in [-0.2, 0) is 0 Å². The number of amides is 1. The number of rotatable bonds is 6. The molecule has 0 bridgehead atoms. The zero-order valence-corrected chi connectivity index (χ0v) is 10.5. The van der Waals surface area contributed by atoms with Crippen molar-refractivity contribution < 1.29 is 24.3 Å². The molecule has 1 amide bonds. The highest BCUT2D eigenvalue weighted by atomic mass is 16.6. The van der Waals surface area contributed by atoms with E-state index in [0.29, 0.717) is 0 Å². The summed E-state index contributed by atoms with van der Waals surface area (Å²) in [5.74, 6) is -0.295. The maximum atomic E-state index is 11.8. The van der Waals surface area contributed by atoms with Crippen LogP contribution in [0.1, 0.15) is 10.4 Å².